The van der Waals surface area contributed by atoms with Crippen molar-refractivity contribution in [2.75, 3.05) is 66.6 Å². The van der Waals surface area contributed by atoms with Crippen LogP contribution in [0.15, 0.2) is 40.2 Å². The van der Waals surface area contributed by atoms with Crippen LogP contribution in [0.1, 0.15) is 92.2 Å². The van der Waals surface area contributed by atoms with Crippen molar-refractivity contribution in [2.24, 2.45) is 16.1 Å². The summed E-state index contributed by atoms with van der Waals surface area (Å²) in [5.41, 5.74) is 2.29. The van der Waals surface area contributed by atoms with Crippen molar-refractivity contribution < 1.29 is 52.3 Å². The molecule has 19 heteroatoms. The number of benzene rings is 1. The molecule has 0 spiro atoms. The van der Waals surface area contributed by atoms with E-state index in [1.807, 2.05) is 18.3 Å². The van der Waals surface area contributed by atoms with E-state index in [0.717, 1.165) is 55.5 Å². The van der Waals surface area contributed by atoms with Crippen molar-refractivity contribution in [2.45, 2.75) is 114 Å². The Balaban J connectivity index is 0.666. The molecule has 2 N–H and O–H groups in total. The molecular weight excluding hydrogens is 805 g/mol. The van der Waals surface area contributed by atoms with Gasteiger partial charge in [-0.1, -0.05) is 30.6 Å². The number of aromatic nitrogens is 3. The Hall–Kier alpha value is -4.98. The summed E-state index contributed by atoms with van der Waals surface area (Å²) in [6.45, 7) is 6.58. The summed E-state index contributed by atoms with van der Waals surface area (Å²) >= 11 is 0. The van der Waals surface area contributed by atoms with E-state index in [-0.39, 0.29) is 43.0 Å². The number of carbonyl (C=O) groups is 4. The van der Waals surface area contributed by atoms with E-state index in [1.165, 1.54) is 0 Å². The first-order chi connectivity index (χ1) is 30.1. The van der Waals surface area contributed by atoms with Crippen molar-refractivity contribution >= 4 is 23.8 Å². The van der Waals surface area contributed by atoms with Gasteiger partial charge in [-0.3, -0.25) is 19.3 Å². The molecule has 19 nitrogen and oxygen atoms in total. The second-order valence-corrected chi connectivity index (χ2v) is 17.0. The predicted octanol–water partition coefficient (Wildman–Crippen LogP) is 3.01. The molecule has 0 radical (unpaired) electrons. The molecule has 2 aromatic rings. The lowest BCUT2D eigenvalue weighted by Crippen LogP contribution is -2.52. The maximum atomic E-state index is 13.4. The summed E-state index contributed by atoms with van der Waals surface area (Å²) in [4.78, 5) is 52.5. The molecule has 8 rings (SSSR count). The second kappa shape index (κ2) is 20.0. The lowest BCUT2D eigenvalue weighted by Gasteiger charge is -2.44. The summed E-state index contributed by atoms with van der Waals surface area (Å²) in [6.07, 6.45) is 9.05. The average Bonchev–Trinajstić information content (AvgIpc) is 3.62. The molecule has 0 unspecified atom stereocenters. The fourth-order valence-electron chi connectivity index (χ4n) is 9.16. The minimum absolute atomic E-state index is 0.00322. The molecule has 6 atom stereocenters. The number of unbranched alkanes of at least 4 members (excludes halogenated alkanes) is 2. The van der Waals surface area contributed by atoms with Gasteiger partial charge in [0.05, 0.1) is 63.9 Å². The highest BCUT2D eigenvalue weighted by Crippen LogP contribution is 2.49. The van der Waals surface area contributed by atoms with Crippen LogP contribution in [0.4, 0.5) is 0 Å². The van der Waals surface area contributed by atoms with Gasteiger partial charge in [0.25, 0.3) is 0 Å². The first kappa shape index (κ1) is 43.7. The number of carbonyl (C=O) groups excluding carboxylic acids is 4. The van der Waals surface area contributed by atoms with Gasteiger partial charge in [-0.15, -0.1) is 5.10 Å². The van der Waals surface area contributed by atoms with Crippen molar-refractivity contribution in [1.82, 2.24) is 30.5 Å². The van der Waals surface area contributed by atoms with Gasteiger partial charge in [0, 0.05) is 56.6 Å². The highest BCUT2D eigenvalue weighted by atomic mass is 16.7. The number of esters is 2. The molecule has 6 aliphatic rings. The standard InChI is InChI=1S/C43H58N8O11/c1-27-20-37(53)45-32(27)6-4-3-5-7-36(52)44-11-14-56-16-18-58-19-17-57-15-13-51-25-29(46-49-51)8-10-43(47-48-43)24-38(54)61-35-21-28-9-12-50(2)40(28)39-30-22-33-34(60-26-59-33)23-31(30)42(55)62-41(35)39/h21-23,25,27,32,35,39-41H,3-20,24,26H2,1-2H3,(H,44,52)(H,45,53)/t27-,32-,35-,39-,40+,41+/m0/s1. The summed E-state index contributed by atoms with van der Waals surface area (Å²) < 4.78 is 41.8. The van der Waals surface area contributed by atoms with Crippen molar-refractivity contribution in [3.63, 3.8) is 0 Å². The van der Waals surface area contributed by atoms with Gasteiger partial charge < -0.3 is 43.8 Å². The lowest BCUT2D eigenvalue weighted by molar-refractivity contribution is -0.155. The Kier molecular flexibility index (Phi) is 14.1. The quantitative estimate of drug-likeness (QED) is 0.0882. The van der Waals surface area contributed by atoms with Gasteiger partial charge in [-0.25, -0.2) is 9.48 Å². The van der Waals surface area contributed by atoms with Crippen LogP contribution in [0.2, 0.25) is 0 Å². The van der Waals surface area contributed by atoms with Crippen molar-refractivity contribution in [1.29, 1.82) is 0 Å². The summed E-state index contributed by atoms with van der Waals surface area (Å²) in [5, 5.41) is 22.8. The smallest absolute Gasteiger partial charge is 0.339 e. The number of likely N-dealkylation sites (N-methyl/N-ethyl adjacent to an activating group) is 1. The van der Waals surface area contributed by atoms with Gasteiger partial charge in [-0.2, -0.15) is 10.2 Å². The number of aryl methyl sites for hydroxylation is 1. The Morgan fingerprint density at radius 1 is 1.00 bits per heavy atom. The number of likely N-dealkylation sites (tertiary alicyclic amines) is 1. The molecule has 5 aliphatic heterocycles. The SMILES string of the molecule is C[C@H]1CC(=O)N[C@H]1CCCCCC(=O)NCCOCCOCCOCCn1cc(CCC2(CC(=O)O[C@H]3C=C4CCN(C)[C@H]4[C@@H]4c5cc6c(cc5C(=O)O[C@@H]43)OCO6)N=N2)nn1. The lowest BCUT2D eigenvalue weighted by atomic mass is 9.73. The van der Waals surface area contributed by atoms with E-state index < -0.39 is 29.8 Å². The van der Waals surface area contributed by atoms with Crippen LogP contribution in [-0.2, 0) is 51.0 Å². The summed E-state index contributed by atoms with van der Waals surface area (Å²) in [5.74, 6) is 0.487. The molecule has 2 amide bonds. The summed E-state index contributed by atoms with van der Waals surface area (Å²) in [6, 6.07) is 3.84. The fraction of sp³-hybridized carbons (Fsp3) is 0.674. The molecule has 0 saturated carbocycles. The monoisotopic (exact) mass is 862 g/mol. The first-order valence-electron chi connectivity index (χ1n) is 22.0. The van der Waals surface area contributed by atoms with Gasteiger partial charge in [0.2, 0.25) is 24.3 Å². The van der Waals surface area contributed by atoms with Crippen molar-refractivity contribution in [3.05, 3.63) is 46.8 Å². The third-order valence-corrected chi connectivity index (χ3v) is 12.6. The second-order valence-electron chi connectivity index (χ2n) is 17.0. The maximum absolute atomic E-state index is 13.4. The highest BCUT2D eigenvalue weighted by molar-refractivity contribution is 5.94. The molecule has 336 valence electrons. The minimum atomic E-state index is -0.882. The van der Waals surface area contributed by atoms with Crippen molar-refractivity contribution in [3.8, 4) is 11.5 Å². The Bertz CT molecular complexity index is 2000. The number of nitrogens with one attached hydrogen (secondary N) is 2. The van der Waals surface area contributed by atoms with Crippen LogP contribution in [0.3, 0.4) is 0 Å². The van der Waals surface area contributed by atoms with E-state index in [4.69, 9.17) is 33.2 Å². The Morgan fingerprint density at radius 3 is 2.55 bits per heavy atom. The Labute approximate surface area is 360 Å². The number of amides is 2. The molecule has 1 aliphatic carbocycles. The molecule has 0 bridgehead atoms. The largest absolute Gasteiger partial charge is 0.454 e. The van der Waals surface area contributed by atoms with E-state index >= 15 is 0 Å². The predicted molar refractivity (Wildman–Crippen MR) is 218 cm³/mol. The molecule has 1 aromatic heterocycles. The third kappa shape index (κ3) is 10.8. The summed E-state index contributed by atoms with van der Waals surface area (Å²) in [7, 11) is 2.06. The number of rotatable bonds is 24. The number of hydrogen-bond donors (Lipinski definition) is 2. The van der Waals surface area contributed by atoms with E-state index in [2.05, 4.69) is 50.0 Å². The minimum Gasteiger partial charge on any atom is -0.454 e. The third-order valence-electron chi connectivity index (χ3n) is 12.6. The zero-order valence-corrected chi connectivity index (χ0v) is 35.6. The zero-order chi connectivity index (χ0) is 43.1. The Morgan fingerprint density at radius 2 is 1.77 bits per heavy atom. The fourth-order valence-corrected chi connectivity index (χ4v) is 9.16. The van der Waals surface area contributed by atoms with E-state index in [1.54, 1.807) is 10.7 Å². The highest BCUT2D eigenvalue weighted by Gasteiger charge is 2.53. The van der Waals surface area contributed by atoms with Crippen LogP contribution >= 0.6 is 0 Å². The number of fused-ring (bicyclic) bond motifs is 6. The topological polar surface area (TPSA) is 216 Å². The number of nitrogens with zero attached hydrogens (tertiary/aromatic N) is 6. The maximum Gasteiger partial charge on any atom is 0.339 e. The van der Waals surface area contributed by atoms with Crippen LogP contribution in [-0.4, -0.2) is 140 Å². The van der Waals surface area contributed by atoms with E-state index in [0.29, 0.717) is 101 Å². The van der Waals surface area contributed by atoms with Gasteiger partial charge in [0.15, 0.2) is 23.7 Å². The van der Waals surface area contributed by atoms with Crippen LogP contribution in [0.25, 0.3) is 0 Å². The molecule has 1 aromatic carbocycles. The molecule has 62 heavy (non-hydrogen) atoms. The molecule has 6 heterocycles. The van der Waals surface area contributed by atoms with Gasteiger partial charge >= 0.3 is 11.9 Å². The normalized spacial score (nSPS) is 25.1. The van der Waals surface area contributed by atoms with Gasteiger partial charge in [-0.05, 0) is 62.4 Å². The molecular formula is C43H58N8O11. The number of ether oxygens (including phenoxy) is 7. The average molecular weight is 863 g/mol. The number of hydrogen-bond acceptors (Lipinski definition) is 16. The molecule has 2 fully saturated rings. The zero-order valence-electron chi connectivity index (χ0n) is 35.6. The van der Waals surface area contributed by atoms with Crippen LogP contribution in [0, 0.1) is 5.92 Å². The van der Waals surface area contributed by atoms with Crippen LogP contribution in [0.5, 0.6) is 11.5 Å². The van der Waals surface area contributed by atoms with Gasteiger partial charge in [0.1, 0.15) is 0 Å². The van der Waals surface area contributed by atoms with Crippen LogP contribution < -0.4 is 20.1 Å². The van der Waals surface area contributed by atoms with E-state index in [9.17, 15) is 19.2 Å². The first-order valence-corrected chi connectivity index (χ1v) is 22.0. The molecule has 2 saturated heterocycles.